The summed E-state index contributed by atoms with van der Waals surface area (Å²) in [6, 6.07) is 1.12. The molecule has 1 fully saturated rings. The summed E-state index contributed by atoms with van der Waals surface area (Å²) in [5, 5.41) is 21.2. The molecule has 0 aromatic carbocycles. The zero-order valence-electron chi connectivity index (χ0n) is 10.4. The lowest BCUT2D eigenvalue weighted by Gasteiger charge is -2.34. The Hall–Kier alpha value is -1.89. The molecule has 0 bridgehead atoms. The summed E-state index contributed by atoms with van der Waals surface area (Å²) in [6.07, 6.45) is 3.29. The number of hydrogen-bond acceptors (Lipinski definition) is 5. The number of aliphatic hydroxyl groups excluding tert-OH is 1. The molecule has 1 atom stereocenters. The van der Waals surface area contributed by atoms with Gasteiger partial charge in [0.25, 0.3) is 5.91 Å². The molecule has 0 radical (unpaired) electrons. The highest BCUT2D eigenvalue weighted by atomic mass is 16.5. The first-order chi connectivity index (χ1) is 9.13. The van der Waals surface area contributed by atoms with E-state index in [1.54, 1.807) is 4.90 Å². The normalized spacial score (nSPS) is 19.4. The molecule has 0 saturated carbocycles. The van der Waals surface area contributed by atoms with Crippen molar-refractivity contribution in [2.24, 2.45) is 0 Å². The molecule has 2 rings (SSSR count). The van der Waals surface area contributed by atoms with Crippen LogP contribution in [0.4, 0.5) is 0 Å². The minimum atomic E-state index is -1.25. The molecule has 2 N–H and O–H groups in total. The van der Waals surface area contributed by atoms with Crippen LogP contribution in [-0.2, 0) is 0 Å². The first-order valence-corrected chi connectivity index (χ1v) is 6.25. The molecule has 1 saturated heterocycles. The van der Waals surface area contributed by atoms with Gasteiger partial charge >= 0.3 is 5.97 Å². The van der Waals surface area contributed by atoms with Gasteiger partial charge in [0.05, 0.1) is 0 Å². The van der Waals surface area contributed by atoms with Crippen LogP contribution in [0.1, 0.15) is 46.7 Å². The Balaban J connectivity index is 2.13. The number of likely N-dealkylation sites (tertiary alicyclic amines) is 1. The van der Waals surface area contributed by atoms with Crippen molar-refractivity contribution < 1.29 is 24.3 Å². The number of piperidine rings is 1. The highest BCUT2D eigenvalue weighted by Gasteiger charge is 2.29. The fourth-order valence-corrected chi connectivity index (χ4v) is 2.34. The molecule has 7 heteroatoms. The Morgan fingerprint density at radius 2 is 2.26 bits per heavy atom. The molecule has 104 valence electrons. The number of rotatable bonds is 4. The van der Waals surface area contributed by atoms with Gasteiger partial charge in [-0.1, -0.05) is 5.16 Å². The summed E-state index contributed by atoms with van der Waals surface area (Å²) in [4.78, 5) is 24.6. The molecule has 19 heavy (non-hydrogen) atoms. The molecule has 1 aromatic rings. The van der Waals surface area contributed by atoms with Gasteiger partial charge in [-0.25, -0.2) is 4.79 Å². The van der Waals surface area contributed by atoms with Crippen LogP contribution < -0.4 is 0 Å². The fourth-order valence-electron chi connectivity index (χ4n) is 2.34. The van der Waals surface area contributed by atoms with E-state index < -0.39 is 5.97 Å². The van der Waals surface area contributed by atoms with Crippen molar-refractivity contribution in [3.63, 3.8) is 0 Å². The molecule has 7 nitrogen and oxygen atoms in total. The van der Waals surface area contributed by atoms with Crippen LogP contribution >= 0.6 is 0 Å². The SMILES string of the molecule is O=C(O)c1cc(C(=O)N2CCCCC2CCO)no1. The van der Waals surface area contributed by atoms with Crippen LogP contribution in [0, 0.1) is 0 Å². The average Bonchev–Trinajstić information content (AvgIpc) is 2.89. The number of carboxylic acids is 1. The second kappa shape index (κ2) is 5.83. The van der Waals surface area contributed by atoms with Gasteiger partial charge in [0.2, 0.25) is 5.76 Å². The van der Waals surface area contributed by atoms with E-state index in [9.17, 15) is 9.59 Å². The summed E-state index contributed by atoms with van der Waals surface area (Å²) in [5.74, 6) is -1.94. The van der Waals surface area contributed by atoms with Crippen molar-refractivity contribution in [1.29, 1.82) is 0 Å². The zero-order valence-corrected chi connectivity index (χ0v) is 10.4. The van der Waals surface area contributed by atoms with Gasteiger partial charge in [0.1, 0.15) is 0 Å². The van der Waals surface area contributed by atoms with Gasteiger partial charge in [0, 0.05) is 25.3 Å². The van der Waals surface area contributed by atoms with Crippen molar-refractivity contribution in [1.82, 2.24) is 10.1 Å². The number of aromatic carboxylic acids is 1. The van der Waals surface area contributed by atoms with Crippen LogP contribution in [0.2, 0.25) is 0 Å². The molecular weight excluding hydrogens is 252 g/mol. The number of aliphatic hydroxyl groups is 1. The monoisotopic (exact) mass is 268 g/mol. The zero-order chi connectivity index (χ0) is 13.8. The topological polar surface area (TPSA) is 104 Å². The maximum atomic E-state index is 12.2. The third-order valence-electron chi connectivity index (χ3n) is 3.29. The van der Waals surface area contributed by atoms with E-state index in [4.69, 9.17) is 10.2 Å². The molecule has 0 spiro atoms. The Morgan fingerprint density at radius 1 is 1.47 bits per heavy atom. The molecule has 2 heterocycles. The Kier molecular flexibility index (Phi) is 4.16. The number of aromatic nitrogens is 1. The number of carboxylic acid groups (broad SMARTS) is 1. The predicted octanol–water partition coefficient (Wildman–Crippen LogP) is 0.750. The number of carbonyl (C=O) groups excluding carboxylic acids is 1. The van der Waals surface area contributed by atoms with Crippen molar-refractivity contribution in [3.05, 3.63) is 17.5 Å². The van der Waals surface area contributed by atoms with Crippen molar-refractivity contribution >= 4 is 11.9 Å². The van der Waals surface area contributed by atoms with E-state index in [2.05, 4.69) is 9.68 Å². The van der Waals surface area contributed by atoms with Gasteiger partial charge in [-0.15, -0.1) is 0 Å². The van der Waals surface area contributed by atoms with Gasteiger partial charge in [0.15, 0.2) is 5.69 Å². The summed E-state index contributed by atoms with van der Waals surface area (Å²) < 4.78 is 4.59. The highest BCUT2D eigenvalue weighted by molar-refractivity contribution is 5.95. The first-order valence-electron chi connectivity index (χ1n) is 6.25. The lowest BCUT2D eigenvalue weighted by molar-refractivity contribution is 0.0560. The Bertz CT molecular complexity index is 468. The van der Waals surface area contributed by atoms with E-state index in [1.807, 2.05) is 0 Å². The van der Waals surface area contributed by atoms with E-state index in [0.29, 0.717) is 13.0 Å². The minimum Gasteiger partial charge on any atom is -0.475 e. The average molecular weight is 268 g/mol. The second-order valence-electron chi connectivity index (χ2n) is 4.54. The first kappa shape index (κ1) is 13.5. The van der Waals surface area contributed by atoms with E-state index >= 15 is 0 Å². The molecule has 1 aromatic heterocycles. The van der Waals surface area contributed by atoms with Crippen LogP contribution in [0.15, 0.2) is 10.6 Å². The van der Waals surface area contributed by atoms with Gasteiger partial charge in [-0.05, 0) is 25.7 Å². The molecule has 1 aliphatic rings. The standard InChI is InChI=1S/C12H16N2O5/c15-6-4-8-3-1-2-5-14(8)11(16)9-7-10(12(17)18)19-13-9/h7-8,15H,1-6H2,(H,17,18). The van der Waals surface area contributed by atoms with E-state index in [0.717, 1.165) is 25.3 Å². The van der Waals surface area contributed by atoms with Crippen molar-refractivity contribution in [3.8, 4) is 0 Å². The van der Waals surface area contributed by atoms with Crippen LogP contribution in [-0.4, -0.2) is 51.3 Å². The van der Waals surface area contributed by atoms with Gasteiger partial charge in [-0.2, -0.15) is 0 Å². The summed E-state index contributed by atoms with van der Waals surface area (Å²) in [6.45, 7) is 0.617. The lowest BCUT2D eigenvalue weighted by Crippen LogP contribution is -2.44. The quantitative estimate of drug-likeness (QED) is 0.835. The third-order valence-corrected chi connectivity index (χ3v) is 3.29. The van der Waals surface area contributed by atoms with Crippen LogP contribution in [0.3, 0.4) is 0 Å². The van der Waals surface area contributed by atoms with E-state index in [1.165, 1.54) is 0 Å². The summed E-state index contributed by atoms with van der Waals surface area (Å²) >= 11 is 0. The van der Waals surface area contributed by atoms with Crippen LogP contribution in [0.5, 0.6) is 0 Å². The third kappa shape index (κ3) is 2.93. The molecular formula is C12H16N2O5. The van der Waals surface area contributed by atoms with Crippen LogP contribution in [0.25, 0.3) is 0 Å². The maximum absolute atomic E-state index is 12.2. The largest absolute Gasteiger partial charge is 0.475 e. The van der Waals surface area contributed by atoms with E-state index in [-0.39, 0.29) is 30.0 Å². The van der Waals surface area contributed by atoms with Gasteiger partial charge < -0.3 is 19.6 Å². The maximum Gasteiger partial charge on any atom is 0.374 e. The smallest absolute Gasteiger partial charge is 0.374 e. The van der Waals surface area contributed by atoms with Gasteiger partial charge in [-0.3, -0.25) is 4.79 Å². The predicted molar refractivity (Wildman–Crippen MR) is 63.8 cm³/mol. The van der Waals surface area contributed by atoms with Crippen molar-refractivity contribution in [2.45, 2.75) is 31.7 Å². The molecule has 1 aliphatic heterocycles. The summed E-state index contributed by atoms with van der Waals surface area (Å²) in [5.41, 5.74) is 0.00207. The minimum absolute atomic E-state index is 0.00207. The molecule has 0 aliphatic carbocycles. The fraction of sp³-hybridized carbons (Fsp3) is 0.583. The number of nitrogens with zero attached hydrogens (tertiary/aromatic N) is 2. The molecule has 1 amide bonds. The Morgan fingerprint density at radius 3 is 2.89 bits per heavy atom. The molecule has 1 unspecified atom stereocenters. The number of carbonyl (C=O) groups is 2. The highest BCUT2D eigenvalue weighted by Crippen LogP contribution is 2.21. The Labute approximate surface area is 109 Å². The van der Waals surface area contributed by atoms with Crippen molar-refractivity contribution in [2.75, 3.05) is 13.2 Å². The number of hydrogen-bond donors (Lipinski definition) is 2. The summed E-state index contributed by atoms with van der Waals surface area (Å²) in [7, 11) is 0. The second-order valence-corrected chi connectivity index (χ2v) is 4.54. The number of amides is 1. The lowest BCUT2D eigenvalue weighted by atomic mass is 9.99.